The Morgan fingerprint density at radius 3 is 2.50 bits per heavy atom. The molecular weight excluding hydrogens is 182 g/mol. The molecule has 1 saturated heterocycles. The number of hydrogen-bond donors (Lipinski definition) is 1. The van der Waals surface area contributed by atoms with Gasteiger partial charge < -0.3 is 15.1 Å². The van der Waals surface area contributed by atoms with Gasteiger partial charge in [-0.1, -0.05) is 0 Å². The third-order valence-electron chi connectivity index (χ3n) is 2.58. The van der Waals surface area contributed by atoms with Crippen LogP contribution in [-0.4, -0.2) is 61.4 Å². The minimum Gasteiger partial charge on any atom is -0.339 e. The number of amides is 2. The summed E-state index contributed by atoms with van der Waals surface area (Å²) in [5.41, 5.74) is 0. The lowest BCUT2D eigenvalue weighted by Crippen LogP contribution is -2.61. The zero-order valence-corrected chi connectivity index (χ0v) is 8.91. The van der Waals surface area contributed by atoms with Crippen molar-refractivity contribution >= 4 is 11.8 Å². The Morgan fingerprint density at radius 2 is 2.07 bits per heavy atom. The normalized spacial score (nSPS) is 16.4. The second kappa shape index (κ2) is 4.41. The molecule has 1 heterocycles. The van der Waals surface area contributed by atoms with Gasteiger partial charge >= 0.3 is 0 Å². The molecule has 80 valence electrons. The van der Waals surface area contributed by atoms with Crippen LogP contribution in [0.4, 0.5) is 0 Å². The van der Waals surface area contributed by atoms with E-state index in [4.69, 9.17) is 0 Å². The average molecular weight is 199 g/mol. The lowest BCUT2D eigenvalue weighted by atomic mass is 10.1. The topological polar surface area (TPSA) is 52.7 Å². The summed E-state index contributed by atoms with van der Waals surface area (Å²) in [6, 6.07) is 0.194. The van der Waals surface area contributed by atoms with Crippen molar-refractivity contribution in [2.45, 2.75) is 13.0 Å². The third-order valence-corrected chi connectivity index (χ3v) is 2.58. The molecule has 0 aromatic rings. The highest BCUT2D eigenvalue weighted by Gasteiger charge is 2.33. The number of nitrogens with one attached hydrogen (secondary N) is 1. The zero-order valence-electron chi connectivity index (χ0n) is 8.91. The number of carbonyl (C=O) groups excluding carboxylic acids is 2. The quantitative estimate of drug-likeness (QED) is 0.627. The van der Waals surface area contributed by atoms with E-state index in [-0.39, 0.29) is 17.9 Å². The Hall–Kier alpha value is -1.10. The predicted octanol–water partition coefficient (Wildman–Crippen LogP) is -1.11. The van der Waals surface area contributed by atoms with Crippen molar-refractivity contribution in [2.24, 2.45) is 0 Å². The third kappa shape index (κ3) is 2.23. The molecule has 1 N–H and O–H groups in total. The molecule has 0 saturated carbocycles. The largest absolute Gasteiger partial charge is 0.339 e. The molecule has 2 amide bonds. The Kier molecular flexibility index (Phi) is 3.46. The summed E-state index contributed by atoms with van der Waals surface area (Å²) in [7, 11) is 3.52. The van der Waals surface area contributed by atoms with Crippen LogP contribution in [0, 0.1) is 0 Å². The highest BCUT2D eigenvalue weighted by Crippen LogP contribution is 2.13. The van der Waals surface area contributed by atoms with Crippen LogP contribution < -0.4 is 5.32 Å². The van der Waals surface area contributed by atoms with Crippen molar-refractivity contribution in [3.63, 3.8) is 0 Å². The summed E-state index contributed by atoms with van der Waals surface area (Å²) in [5.74, 6) is 0.149. The number of rotatable bonds is 3. The fourth-order valence-corrected chi connectivity index (χ4v) is 1.44. The van der Waals surface area contributed by atoms with Gasteiger partial charge in [0.05, 0.1) is 12.6 Å². The summed E-state index contributed by atoms with van der Waals surface area (Å²) in [4.78, 5) is 25.7. The fraction of sp³-hybridized carbons (Fsp3) is 0.778. The zero-order chi connectivity index (χ0) is 10.7. The summed E-state index contributed by atoms with van der Waals surface area (Å²) in [6.07, 6.45) is 0. The number of nitrogens with zero attached hydrogens (tertiary/aromatic N) is 2. The minimum absolute atomic E-state index is 0.0701. The van der Waals surface area contributed by atoms with Crippen LogP contribution >= 0.6 is 0 Å². The molecule has 0 unspecified atom stereocenters. The van der Waals surface area contributed by atoms with E-state index in [1.54, 1.807) is 30.8 Å². The summed E-state index contributed by atoms with van der Waals surface area (Å²) < 4.78 is 0. The molecule has 5 nitrogen and oxygen atoms in total. The van der Waals surface area contributed by atoms with E-state index in [2.05, 4.69) is 5.32 Å². The van der Waals surface area contributed by atoms with Crippen molar-refractivity contribution in [3.05, 3.63) is 0 Å². The number of carbonyl (C=O) groups is 2. The monoisotopic (exact) mass is 199 g/mol. The first-order chi connectivity index (χ1) is 6.56. The molecule has 1 aliphatic rings. The Labute approximate surface area is 84.0 Å². The van der Waals surface area contributed by atoms with Gasteiger partial charge in [0.2, 0.25) is 11.8 Å². The molecule has 1 aliphatic heterocycles. The maximum atomic E-state index is 11.4. The fourth-order valence-electron chi connectivity index (χ4n) is 1.44. The van der Waals surface area contributed by atoms with Gasteiger partial charge in [-0.15, -0.1) is 0 Å². The minimum atomic E-state index is 0.0701. The van der Waals surface area contributed by atoms with Gasteiger partial charge in [-0.2, -0.15) is 0 Å². The van der Waals surface area contributed by atoms with Crippen molar-refractivity contribution in [3.8, 4) is 0 Å². The van der Waals surface area contributed by atoms with E-state index >= 15 is 0 Å². The van der Waals surface area contributed by atoms with Crippen LogP contribution in [0.2, 0.25) is 0 Å². The maximum absolute atomic E-state index is 11.4. The Balaban J connectivity index is 2.32. The molecule has 0 bridgehead atoms. The van der Waals surface area contributed by atoms with Gasteiger partial charge in [0.25, 0.3) is 0 Å². The highest BCUT2D eigenvalue weighted by atomic mass is 16.2. The summed E-state index contributed by atoms with van der Waals surface area (Å²) >= 11 is 0. The Bertz CT molecular complexity index is 236. The summed E-state index contributed by atoms with van der Waals surface area (Å²) in [5, 5.41) is 2.81. The van der Waals surface area contributed by atoms with E-state index in [0.29, 0.717) is 19.6 Å². The highest BCUT2D eigenvalue weighted by molar-refractivity contribution is 5.79. The molecule has 0 aromatic carbocycles. The van der Waals surface area contributed by atoms with E-state index < -0.39 is 0 Å². The van der Waals surface area contributed by atoms with Crippen molar-refractivity contribution in [2.75, 3.05) is 33.7 Å². The van der Waals surface area contributed by atoms with E-state index in [1.807, 2.05) is 0 Å². The molecule has 1 rings (SSSR count). The standard InChI is InChI=1S/C9H17N3O2/c1-7(13)12-5-8(6-12)11(3)9(14)4-10-2/h8,10H,4-6H2,1-3H3. The lowest BCUT2D eigenvalue weighted by molar-refractivity contribution is -0.143. The van der Waals surface area contributed by atoms with Crippen LogP contribution in [0.3, 0.4) is 0 Å². The molecule has 0 radical (unpaired) electrons. The van der Waals surface area contributed by atoms with Crippen LogP contribution in [0.1, 0.15) is 6.92 Å². The Morgan fingerprint density at radius 1 is 1.50 bits per heavy atom. The van der Waals surface area contributed by atoms with Crippen LogP contribution in [0.5, 0.6) is 0 Å². The molecule has 0 spiro atoms. The first-order valence-corrected chi connectivity index (χ1v) is 4.72. The number of hydrogen-bond acceptors (Lipinski definition) is 3. The van der Waals surface area contributed by atoms with E-state index in [1.165, 1.54) is 0 Å². The molecule has 1 fully saturated rings. The van der Waals surface area contributed by atoms with Gasteiger partial charge in [0.15, 0.2) is 0 Å². The van der Waals surface area contributed by atoms with Crippen LogP contribution in [0.25, 0.3) is 0 Å². The molecule has 0 aliphatic carbocycles. The molecule has 0 aromatic heterocycles. The number of likely N-dealkylation sites (tertiary alicyclic amines) is 1. The average Bonchev–Trinajstić information content (AvgIpc) is 2.00. The lowest BCUT2D eigenvalue weighted by Gasteiger charge is -2.43. The van der Waals surface area contributed by atoms with Crippen molar-refractivity contribution in [1.29, 1.82) is 0 Å². The van der Waals surface area contributed by atoms with Gasteiger partial charge in [0.1, 0.15) is 0 Å². The van der Waals surface area contributed by atoms with Crippen molar-refractivity contribution < 1.29 is 9.59 Å². The van der Waals surface area contributed by atoms with Gasteiger partial charge in [-0.05, 0) is 7.05 Å². The van der Waals surface area contributed by atoms with Crippen LogP contribution in [0.15, 0.2) is 0 Å². The predicted molar refractivity (Wildman–Crippen MR) is 52.7 cm³/mol. The summed E-state index contributed by atoms with van der Waals surface area (Å²) in [6.45, 7) is 3.24. The van der Waals surface area contributed by atoms with Crippen molar-refractivity contribution in [1.82, 2.24) is 15.1 Å². The molecular formula is C9H17N3O2. The first-order valence-electron chi connectivity index (χ1n) is 4.72. The van der Waals surface area contributed by atoms with Gasteiger partial charge in [0, 0.05) is 27.1 Å². The van der Waals surface area contributed by atoms with E-state index in [9.17, 15) is 9.59 Å². The SMILES string of the molecule is CNCC(=O)N(C)C1CN(C(C)=O)C1. The second-order valence-electron chi connectivity index (χ2n) is 3.61. The van der Waals surface area contributed by atoms with Crippen LogP contribution in [-0.2, 0) is 9.59 Å². The first kappa shape index (κ1) is 11.0. The maximum Gasteiger partial charge on any atom is 0.236 e. The smallest absolute Gasteiger partial charge is 0.236 e. The molecule has 14 heavy (non-hydrogen) atoms. The van der Waals surface area contributed by atoms with Gasteiger partial charge in [-0.25, -0.2) is 0 Å². The van der Waals surface area contributed by atoms with E-state index in [0.717, 1.165) is 0 Å². The van der Waals surface area contributed by atoms with Gasteiger partial charge in [-0.3, -0.25) is 9.59 Å². The second-order valence-corrected chi connectivity index (χ2v) is 3.61. The molecule has 5 heteroatoms. The number of likely N-dealkylation sites (N-methyl/N-ethyl adjacent to an activating group) is 2. The molecule has 0 atom stereocenters.